The van der Waals surface area contributed by atoms with E-state index in [1.54, 1.807) is 13.3 Å². The predicted molar refractivity (Wildman–Crippen MR) is 104 cm³/mol. The number of nitrogens with one attached hydrogen (secondary N) is 2. The summed E-state index contributed by atoms with van der Waals surface area (Å²) in [7, 11) is 1.61. The molecule has 0 bridgehead atoms. The van der Waals surface area contributed by atoms with E-state index >= 15 is 0 Å². The van der Waals surface area contributed by atoms with Crippen LogP contribution in [0.3, 0.4) is 0 Å². The van der Waals surface area contributed by atoms with Crippen LogP contribution in [0.1, 0.15) is 40.0 Å². The van der Waals surface area contributed by atoms with Crippen LogP contribution in [0.25, 0.3) is 22.5 Å². The zero-order valence-corrected chi connectivity index (χ0v) is 15.6. The molecule has 4 heterocycles. The standard InChI is InChI=1S/C22H20N4O2/c1-28-17-5-3-13(10-24-17)16-8-15-12(9-23-16)2-4-14-18-20(26-19(14)15)22(6-7-22)11-25-21(18)27/h3,5,8-10,26H,2,4,6-7,11H2,1H3,(H,25,27). The largest absolute Gasteiger partial charge is 0.481 e. The first-order chi connectivity index (χ1) is 13.7. The quantitative estimate of drug-likeness (QED) is 0.725. The Labute approximate surface area is 162 Å². The molecule has 28 heavy (non-hydrogen) atoms. The molecule has 3 aromatic rings. The van der Waals surface area contributed by atoms with Crippen molar-refractivity contribution in [1.29, 1.82) is 0 Å². The van der Waals surface area contributed by atoms with Crippen LogP contribution in [-0.4, -0.2) is 34.5 Å². The minimum absolute atomic E-state index is 0.0714. The first kappa shape index (κ1) is 15.9. The van der Waals surface area contributed by atoms with E-state index in [2.05, 4.69) is 26.3 Å². The Morgan fingerprint density at radius 2 is 2.04 bits per heavy atom. The van der Waals surface area contributed by atoms with Crippen LogP contribution in [0.4, 0.5) is 0 Å². The van der Waals surface area contributed by atoms with Gasteiger partial charge in [-0.15, -0.1) is 0 Å². The second-order valence-electron chi connectivity index (χ2n) is 8.01. The molecule has 1 fully saturated rings. The zero-order valence-electron chi connectivity index (χ0n) is 15.6. The van der Waals surface area contributed by atoms with Crippen LogP contribution < -0.4 is 10.1 Å². The molecule has 6 rings (SSSR count). The van der Waals surface area contributed by atoms with Gasteiger partial charge in [-0.25, -0.2) is 4.98 Å². The van der Waals surface area contributed by atoms with Gasteiger partial charge in [-0.05, 0) is 48.9 Å². The average molecular weight is 372 g/mol. The van der Waals surface area contributed by atoms with Gasteiger partial charge in [0.25, 0.3) is 5.91 Å². The number of hydrogen-bond donors (Lipinski definition) is 2. The monoisotopic (exact) mass is 372 g/mol. The smallest absolute Gasteiger partial charge is 0.253 e. The van der Waals surface area contributed by atoms with Crippen molar-refractivity contribution in [3.05, 3.63) is 53.0 Å². The molecule has 0 unspecified atom stereocenters. The average Bonchev–Trinajstić information content (AvgIpc) is 3.40. The normalized spacial score (nSPS) is 18.1. The number of methoxy groups -OCH3 is 1. The molecular weight excluding hydrogens is 352 g/mol. The van der Waals surface area contributed by atoms with E-state index in [1.807, 2.05) is 18.3 Å². The molecule has 2 aliphatic carbocycles. The maximum atomic E-state index is 12.6. The number of H-pyrrole nitrogens is 1. The molecule has 1 amide bonds. The maximum Gasteiger partial charge on any atom is 0.253 e. The highest BCUT2D eigenvalue weighted by Gasteiger charge is 2.51. The highest BCUT2D eigenvalue weighted by Crippen LogP contribution is 2.52. The molecule has 0 radical (unpaired) electrons. The van der Waals surface area contributed by atoms with Gasteiger partial charge >= 0.3 is 0 Å². The number of ether oxygens (including phenoxy) is 1. The highest BCUT2D eigenvalue weighted by atomic mass is 16.5. The topological polar surface area (TPSA) is 79.9 Å². The Balaban J connectivity index is 1.50. The summed E-state index contributed by atoms with van der Waals surface area (Å²) in [6, 6.07) is 5.93. The van der Waals surface area contributed by atoms with Crippen molar-refractivity contribution in [2.24, 2.45) is 0 Å². The molecule has 6 heteroatoms. The van der Waals surface area contributed by atoms with Crippen molar-refractivity contribution < 1.29 is 9.53 Å². The molecule has 0 saturated heterocycles. The molecule has 0 aromatic carbocycles. The first-order valence-corrected chi connectivity index (χ1v) is 9.72. The van der Waals surface area contributed by atoms with Gasteiger partial charge in [0.05, 0.1) is 24.1 Å². The minimum Gasteiger partial charge on any atom is -0.481 e. The molecule has 6 nitrogen and oxygen atoms in total. The Kier molecular flexibility index (Phi) is 3.08. The van der Waals surface area contributed by atoms with Crippen molar-refractivity contribution >= 4 is 5.91 Å². The van der Waals surface area contributed by atoms with Gasteiger partial charge in [-0.3, -0.25) is 9.78 Å². The second kappa shape index (κ2) is 5.44. The van der Waals surface area contributed by atoms with Crippen molar-refractivity contribution in [1.82, 2.24) is 20.3 Å². The van der Waals surface area contributed by atoms with Gasteiger partial charge in [-0.2, -0.15) is 0 Å². The lowest BCUT2D eigenvalue weighted by Crippen LogP contribution is -2.39. The van der Waals surface area contributed by atoms with E-state index in [0.717, 1.165) is 71.6 Å². The predicted octanol–water partition coefficient (Wildman–Crippen LogP) is 3.02. The van der Waals surface area contributed by atoms with E-state index < -0.39 is 0 Å². The molecule has 0 atom stereocenters. The fourth-order valence-corrected chi connectivity index (χ4v) is 4.66. The first-order valence-electron chi connectivity index (χ1n) is 9.72. The Bertz CT molecular complexity index is 1130. The van der Waals surface area contributed by atoms with Crippen molar-refractivity contribution in [2.75, 3.05) is 13.7 Å². The number of aromatic amines is 1. The number of hydrogen-bond acceptors (Lipinski definition) is 4. The number of aryl methyl sites for hydroxylation is 1. The lowest BCUT2D eigenvalue weighted by molar-refractivity contribution is 0.0936. The summed E-state index contributed by atoms with van der Waals surface area (Å²) in [5, 5.41) is 3.11. The van der Waals surface area contributed by atoms with Crippen molar-refractivity contribution in [3.63, 3.8) is 0 Å². The summed E-state index contributed by atoms with van der Waals surface area (Å²) >= 11 is 0. The number of carbonyl (C=O) groups excluding carboxylic acids is 1. The summed E-state index contributed by atoms with van der Waals surface area (Å²) < 4.78 is 5.15. The third-order valence-electron chi connectivity index (χ3n) is 6.44. The number of pyridine rings is 2. The summed E-state index contributed by atoms with van der Waals surface area (Å²) in [4.78, 5) is 25.2. The van der Waals surface area contributed by atoms with Gasteiger partial charge < -0.3 is 15.0 Å². The summed E-state index contributed by atoms with van der Waals surface area (Å²) in [6.07, 6.45) is 7.81. The lowest BCUT2D eigenvalue weighted by Gasteiger charge is -2.23. The number of aromatic nitrogens is 3. The van der Waals surface area contributed by atoms with Crippen LogP contribution in [-0.2, 0) is 18.3 Å². The number of amides is 1. The van der Waals surface area contributed by atoms with E-state index in [-0.39, 0.29) is 11.3 Å². The number of nitrogens with zero attached hydrogens (tertiary/aromatic N) is 2. The molecule has 3 aliphatic rings. The Morgan fingerprint density at radius 1 is 1.14 bits per heavy atom. The molecule has 3 aromatic heterocycles. The zero-order chi connectivity index (χ0) is 18.9. The SMILES string of the molecule is COc1ccc(-c2cc3c(cn2)CCc2c-3[nH]c3c2C(=O)NCC32CC2)cn1. The molecular formula is C22H20N4O2. The van der Waals surface area contributed by atoms with Crippen LogP contribution in [0.5, 0.6) is 5.88 Å². The van der Waals surface area contributed by atoms with E-state index in [1.165, 1.54) is 5.56 Å². The number of carbonyl (C=O) groups is 1. The van der Waals surface area contributed by atoms with Crippen LogP contribution in [0.2, 0.25) is 0 Å². The Morgan fingerprint density at radius 3 is 2.79 bits per heavy atom. The van der Waals surface area contributed by atoms with Crippen molar-refractivity contribution in [2.45, 2.75) is 31.1 Å². The van der Waals surface area contributed by atoms with Crippen LogP contribution in [0, 0.1) is 0 Å². The third kappa shape index (κ3) is 2.11. The minimum atomic E-state index is 0.0714. The van der Waals surface area contributed by atoms with Gasteiger partial charge in [-0.1, -0.05) is 0 Å². The summed E-state index contributed by atoms with van der Waals surface area (Å²) in [5.74, 6) is 0.656. The fourth-order valence-electron chi connectivity index (χ4n) is 4.66. The van der Waals surface area contributed by atoms with Gasteiger partial charge in [0.1, 0.15) is 0 Å². The molecule has 1 aliphatic heterocycles. The summed E-state index contributed by atoms with van der Waals surface area (Å²) in [6.45, 7) is 0.754. The third-order valence-corrected chi connectivity index (χ3v) is 6.44. The Hall–Kier alpha value is -3.15. The molecule has 140 valence electrons. The van der Waals surface area contributed by atoms with E-state index in [0.29, 0.717) is 5.88 Å². The van der Waals surface area contributed by atoms with Crippen molar-refractivity contribution in [3.8, 4) is 28.4 Å². The number of fused-ring (bicyclic) bond motifs is 6. The van der Waals surface area contributed by atoms with Gasteiger partial charge in [0.2, 0.25) is 5.88 Å². The summed E-state index contributed by atoms with van der Waals surface area (Å²) in [5.41, 5.74) is 8.64. The number of rotatable bonds is 2. The molecule has 1 spiro atoms. The fraction of sp³-hybridized carbons (Fsp3) is 0.318. The van der Waals surface area contributed by atoms with E-state index in [4.69, 9.17) is 4.74 Å². The van der Waals surface area contributed by atoms with Gasteiger partial charge in [0.15, 0.2) is 0 Å². The van der Waals surface area contributed by atoms with E-state index in [9.17, 15) is 4.79 Å². The lowest BCUT2D eigenvalue weighted by atomic mass is 9.86. The van der Waals surface area contributed by atoms with Crippen LogP contribution >= 0.6 is 0 Å². The molecule has 2 N–H and O–H groups in total. The van der Waals surface area contributed by atoms with Crippen LogP contribution in [0.15, 0.2) is 30.6 Å². The highest BCUT2D eigenvalue weighted by molar-refractivity contribution is 6.01. The van der Waals surface area contributed by atoms with Gasteiger partial charge in [0, 0.05) is 47.2 Å². The maximum absolute atomic E-state index is 12.6. The molecule has 1 saturated carbocycles. The second-order valence-corrected chi connectivity index (χ2v) is 8.01.